The zero-order valence-corrected chi connectivity index (χ0v) is 82.5. The van der Waals surface area contributed by atoms with Crippen LogP contribution in [0.5, 0.6) is 0 Å². The Balaban J connectivity index is 0.000000223. The quantitative estimate of drug-likeness (QED) is 0.00860. The number of benzene rings is 11. The highest BCUT2D eigenvalue weighted by Crippen LogP contribution is 2.29. The van der Waals surface area contributed by atoms with Gasteiger partial charge in [-0.05, 0) is 246 Å². The van der Waals surface area contributed by atoms with Crippen molar-refractivity contribution in [3.8, 4) is 0 Å². The number of hydrogen-bond donors (Lipinski definition) is 20. The summed E-state index contributed by atoms with van der Waals surface area (Å²) in [4.78, 5) is 77.2. The number of pyridine rings is 1. The second-order valence-corrected chi connectivity index (χ2v) is 31.8. The number of nitrogens with one attached hydrogen (secondary N) is 10. The maximum absolute atomic E-state index is 12.7. The van der Waals surface area contributed by atoms with Crippen LogP contribution in [0.4, 0.5) is 70.4 Å². The molecule has 30 N–H and O–H groups in total. The van der Waals surface area contributed by atoms with Crippen molar-refractivity contribution in [3.05, 3.63) is 335 Å². The number of hydrazone groups is 1. The van der Waals surface area contributed by atoms with Gasteiger partial charge >= 0.3 is 30.1 Å². The third-order valence-electron chi connectivity index (χ3n) is 19.6. The summed E-state index contributed by atoms with van der Waals surface area (Å²) in [6.07, 6.45) is 5.03. The summed E-state index contributed by atoms with van der Waals surface area (Å²) in [6.45, 7) is 21.8. The highest BCUT2D eigenvalue weighted by atomic mass is 35.5. The molecule has 11 aromatic carbocycles. The standard InChI is InChI=1S/C24H27N9O.C24H33N9O.C20H19N5O.C18H20N6O3.C17H18ClN5O/c1-14(30-32-16(3)25)17-8-10-18(11-9-17)28-24(34)29-22-13-12-19(15(2)31-33-23(26)27)20-6-4-5-7-21(20)22;1-4-6-21(31-30-16(3)25)17-8-12-19(13-9-17)28-24(34)29-20-14-10-18(11-15-20)22(7-5-2)32-33-23(26)27;1-13(24-25-14(2)21)15-7-9-18(10-8-15)23-20(26)19-11-16-5-3-4-6-17(16)12-22-19;1-11(23-24-17(19)20)12-3-7-14(8-4-12)21-18(26)22-15-9-5-13(6-10-15)16(25)27-2;1-11(22-23-12(2)19)13-3-7-15(8-4-13)20-17(24)21-16-9-5-14(18)6-10-16/h4-13H,1-3H3,(H2,25,32)(H4,26,27,33)(H2,28,29,34);8-15,30H,3-7,25H2,1-2H3,(H4,26,27,33)(H2,28,29,34);3-12H,1-2H3,(H2,21,25)(H,23,26);3-10H,1-2H3,(H4,19,20,24)(H2,21,22,26);3-10H,1-2H3,(H2,19,23)(H2,20,21,24)/b30-14+,31-15-;;24-13+;23-11+;22-11+. The molecule has 0 aliphatic carbocycles. The largest absolute Gasteiger partial charge is 0.465 e. The molecule has 0 radical (unpaired) electrons. The van der Waals surface area contributed by atoms with Crippen molar-refractivity contribution in [1.29, 1.82) is 0 Å². The molecule has 0 aliphatic rings. The molecule has 0 atom stereocenters. The van der Waals surface area contributed by atoms with Crippen LogP contribution in [0.2, 0.25) is 5.02 Å². The number of guanidine groups is 3. The van der Waals surface area contributed by atoms with E-state index in [0.717, 1.165) is 109 Å². The lowest BCUT2D eigenvalue weighted by atomic mass is 10.00. The number of nitrogens with two attached hydrogens (primary N) is 10. The zero-order valence-electron chi connectivity index (χ0n) is 81.7. The number of anilines is 9. The number of amides is 9. The first-order chi connectivity index (χ1) is 69.4. The normalized spacial score (nSPS) is 11.8. The average Bonchev–Trinajstić information content (AvgIpc) is 0.781. The van der Waals surface area contributed by atoms with E-state index in [1.807, 2.05) is 180 Å². The van der Waals surface area contributed by atoms with E-state index in [1.54, 1.807) is 149 Å². The van der Waals surface area contributed by atoms with Crippen molar-refractivity contribution < 1.29 is 33.5 Å². The number of carbonyl (C=O) groups is 6. The van der Waals surface area contributed by atoms with Crippen LogP contribution in [0.1, 0.15) is 155 Å². The second-order valence-electron chi connectivity index (χ2n) is 31.4. The molecule has 42 heteroatoms. The molecule has 0 spiro atoms. The van der Waals surface area contributed by atoms with Gasteiger partial charge in [0.05, 0.1) is 58.3 Å². The van der Waals surface area contributed by atoms with Crippen LogP contribution in [-0.4, -0.2) is 123 Å². The molecule has 0 bridgehead atoms. The summed E-state index contributed by atoms with van der Waals surface area (Å²) >= 11 is 5.81. The maximum Gasteiger partial charge on any atom is 0.337 e. The summed E-state index contributed by atoms with van der Waals surface area (Å²) in [6, 6.07) is 76.3. The van der Waals surface area contributed by atoms with Crippen LogP contribution in [0.25, 0.3) is 21.5 Å². The lowest BCUT2D eigenvalue weighted by molar-refractivity contribution is 0.0600. The van der Waals surface area contributed by atoms with E-state index in [0.29, 0.717) is 102 Å². The third kappa shape index (κ3) is 38.9. The van der Waals surface area contributed by atoms with Gasteiger partial charge in [-0.15, -0.1) is 30.6 Å². The van der Waals surface area contributed by atoms with E-state index >= 15 is 0 Å². The molecule has 0 saturated heterocycles. The summed E-state index contributed by atoms with van der Waals surface area (Å²) in [5.74, 6) is 0.427. The van der Waals surface area contributed by atoms with Crippen LogP contribution >= 0.6 is 11.6 Å². The SMILES string of the molecule is C=C(N)NN=C(CCC)c1ccc(NC(=O)Nc2ccc(C(CCC)=NN=C(N)N)cc2)cc1.CC(N)=N/N=C(\C)c1ccc(NC(=O)Nc2ccc(/C(C)=N\N=C(N)N)c3ccccc23)cc1.CC(N)=N/N=C(\C)c1ccc(NC(=O)Nc2ccc(Cl)cc2)cc1.CC(N)=N/N=C(\C)c1ccc(NC(=O)c2cc3ccccc3cn2)cc1.COC(=O)c1ccc(NC(=O)Nc2ccc(/C(C)=N/N=C(N)N)cc2)cc1. The van der Waals surface area contributed by atoms with Gasteiger partial charge in [-0.2, -0.15) is 35.7 Å². The zero-order chi connectivity index (χ0) is 105. The number of carbonyl (C=O) groups excluding carboxylic acids is 6. The molecule has 145 heavy (non-hydrogen) atoms. The molecule has 12 aromatic rings. The molecular formula is C103H117ClN34O7. The number of fused-ring (bicyclic) bond motifs is 2. The Kier molecular flexibility index (Phi) is 43.7. The molecule has 0 aliphatic heterocycles. The first-order valence-corrected chi connectivity index (χ1v) is 45.1. The fraction of sp³-hybridized carbons (Fsp3) is 0.146. The van der Waals surface area contributed by atoms with E-state index in [2.05, 4.69) is 143 Å². The Morgan fingerprint density at radius 2 is 0.641 bits per heavy atom. The van der Waals surface area contributed by atoms with Gasteiger partial charge in [-0.3, -0.25) is 15.2 Å². The number of halogens is 1. The topological polar surface area (TPSA) is 666 Å². The summed E-state index contributed by atoms with van der Waals surface area (Å²) in [5, 5.41) is 80.5. The molecule has 0 unspecified atom stereocenters. The Morgan fingerprint density at radius 3 is 1.01 bits per heavy atom. The number of nitrogens with zero attached hydrogens (tertiary/aromatic N) is 14. The van der Waals surface area contributed by atoms with E-state index < -0.39 is 12.0 Å². The molecule has 41 nitrogen and oxygen atoms in total. The van der Waals surface area contributed by atoms with Crippen molar-refractivity contribution >= 4 is 196 Å². The van der Waals surface area contributed by atoms with Gasteiger partial charge in [-0.1, -0.05) is 172 Å². The summed E-state index contributed by atoms with van der Waals surface area (Å²) in [5.41, 5.74) is 74.3. The van der Waals surface area contributed by atoms with E-state index in [9.17, 15) is 28.8 Å². The minimum absolute atomic E-state index is 0.0939. The molecule has 1 heterocycles. The van der Waals surface area contributed by atoms with Gasteiger partial charge in [-0.25, -0.2) is 24.0 Å². The van der Waals surface area contributed by atoms with E-state index in [1.165, 1.54) is 7.11 Å². The van der Waals surface area contributed by atoms with Crippen LogP contribution in [0.15, 0.2) is 346 Å². The fourth-order valence-electron chi connectivity index (χ4n) is 12.6. The van der Waals surface area contributed by atoms with Crippen molar-refractivity contribution in [1.82, 2.24) is 10.4 Å². The minimum atomic E-state index is -0.440. The van der Waals surface area contributed by atoms with E-state index in [-0.39, 0.29) is 47.7 Å². The summed E-state index contributed by atoms with van der Waals surface area (Å²) < 4.78 is 4.62. The Labute approximate surface area is 843 Å². The number of methoxy groups -OCH3 is 1. The van der Waals surface area contributed by atoms with Crippen LogP contribution in [0.3, 0.4) is 0 Å². The number of amidine groups is 3. The Bertz CT molecular complexity index is 6920. The van der Waals surface area contributed by atoms with Crippen LogP contribution in [-0.2, 0) is 4.74 Å². The number of rotatable bonds is 30. The third-order valence-corrected chi connectivity index (χ3v) is 19.8. The predicted octanol–water partition coefficient (Wildman–Crippen LogP) is 17.0. The molecule has 0 saturated carbocycles. The second kappa shape index (κ2) is 57.1. The Morgan fingerprint density at radius 1 is 0.331 bits per heavy atom. The van der Waals surface area contributed by atoms with Crippen LogP contribution in [0, 0.1) is 0 Å². The summed E-state index contributed by atoms with van der Waals surface area (Å²) in [7, 11) is 1.31. The van der Waals surface area contributed by atoms with Crippen LogP contribution < -0.4 is 111 Å². The number of aromatic nitrogens is 1. The Hall–Kier alpha value is -19.4. The molecule has 1 aromatic heterocycles. The lowest BCUT2D eigenvalue weighted by Crippen LogP contribution is -2.22. The minimum Gasteiger partial charge on any atom is -0.465 e. The van der Waals surface area contributed by atoms with Gasteiger partial charge in [0.2, 0.25) is 17.9 Å². The molecule has 748 valence electrons. The highest BCUT2D eigenvalue weighted by Gasteiger charge is 2.17. The number of ether oxygens (including phenoxy) is 1. The molecule has 9 amide bonds. The molecular weight excluding hydrogens is 1860 g/mol. The molecule has 0 fully saturated rings. The van der Waals surface area contributed by atoms with Crippen molar-refractivity contribution in [2.75, 3.05) is 55.0 Å². The van der Waals surface area contributed by atoms with Crippen molar-refractivity contribution in [3.63, 3.8) is 0 Å². The molecule has 12 rings (SSSR count). The highest BCUT2D eigenvalue weighted by molar-refractivity contribution is 6.30. The number of esters is 1. The number of urea groups is 4. The fourth-order valence-corrected chi connectivity index (χ4v) is 12.7. The van der Waals surface area contributed by atoms with Gasteiger partial charge in [0, 0.05) is 73.1 Å². The van der Waals surface area contributed by atoms with Crippen molar-refractivity contribution in [2.45, 2.75) is 94.9 Å². The van der Waals surface area contributed by atoms with E-state index in [4.69, 9.17) is 68.9 Å². The maximum atomic E-state index is 12.7. The average molecular weight is 1980 g/mol. The lowest BCUT2D eigenvalue weighted by Gasteiger charge is -2.13. The smallest absolute Gasteiger partial charge is 0.337 e. The van der Waals surface area contributed by atoms with Gasteiger partial charge in [0.25, 0.3) is 5.91 Å². The first kappa shape index (κ1) is 111. The van der Waals surface area contributed by atoms with Gasteiger partial charge in [0.15, 0.2) is 0 Å². The number of hydrogen-bond acceptors (Lipinski definition) is 23. The predicted molar refractivity (Wildman–Crippen MR) is 592 cm³/mol. The van der Waals surface area contributed by atoms with Gasteiger partial charge in [0.1, 0.15) is 29.0 Å². The van der Waals surface area contributed by atoms with Gasteiger partial charge < -0.3 is 110 Å². The van der Waals surface area contributed by atoms with Crippen molar-refractivity contribution in [2.24, 2.45) is 124 Å². The first-order valence-electron chi connectivity index (χ1n) is 44.7. The monoisotopic (exact) mass is 1980 g/mol.